The number of anilines is 2. The van der Waals surface area contributed by atoms with Gasteiger partial charge in [0.05, 0.1) is 16.2 Å². The first-order valence-corrected chi connectivity index (χ1v) is 13.5. The number of carbonyl (C=O) groups is 2. The number of carboxylic acid groups (broad SMARTS) is 1. The minimum absolute atomic E-state index is 0.0595. The van der Waals surface area contributed by atoms with E-state index in [1.165, 1.54) is 12.3 Å². The van der Waals surface area contributed by atoms with Gasteiger partial charge in [-0.2, -0.15) is 0 Å². The van der Waals surface area contributed by atoms with Gasteiger partial charge in [0, 0.05) is 37.9 Å². The van der Waals surface area contributed by atoms with Crippen LogP contribution >= 0.6 is 11.6 Å². The average Bonchev–Trinajstić information content (AvgIpc) is 2.85. The van der Waals surface area contributed by atoms with E-state index in [-0.39, 0.29) is 23.6 Å². The van der Waals surface area contributed by atoms with Crippen molar-refractivity contribution in [2.45, 2.75) is 56.7 Å². The number of pyridine rings is 2. The monoisotopic (exact) mass is 525 g/mol. The van der Waals surface area contributed by atoms with Gasteiger partial charge in [0.15, 0.2) is 0 Å². The number of carboxylic acids is 1. The van der Waals surface area contributed by atoms with Crippen LogP contribution in [0.3, 0.4) is 0 Å². The molecular formula is C27H32ClN5O4. The maximum Gasteiger partial charge on any atom is 0.337 e. The number of nitrogens with one attached hydrogen (secondary N) is 1. The fourth-order valence-corrected chi connectivity index (χ4v) is 7.71. The van der Waals surface area contributed by atoms with Crippen molar-refractivity contribution in [3.63, 3.8) is 0 Å². The van der Waals surface area contributed by atoms with Crippen LogP contribution in [0.2, 0.25) is 5.02 Å². The van der Waals surface area contributed by atoms with E-state index in [4.69, 9.17) is 21.7 Å². The summed E-state index contributed by atoms with van der Waals surface area (Å²) in [5.41, 5.74) is -0.0514. The van der Waals surface area contributed by atoms with Crippen molar-refractivity contribution < 1.29 is 19.8 Å². The van der Waals surface area contributed by atoms with Crippen LogP contribution in [0, 0.1) is 17.8 Å². The number of nitrogens with zero attached hydrogens (tertiary/aromatic N) is 4. The number of aromatic nitrogens is 2. The maximum absolute atomic E-state index is 13.3. The summed E-state index contributed by atoms with van der Waals surface area (Å²) >= 11 is 6.34. The van der Waals surface area contributed by atoms with Crippen molar-refractivity contribution in [1.29, 1.82) is 0 Å². The second-order valence-corrected chi connectivity index (χ2v) is 11.8. The zero-order valence-electron chi connectivity index (χ0n) is 20.8. The molecule has 9 nitrogen and oxygen atoms in total. The van der Waals surface area contributed by atoms with E-state index >= 15 is 0 Å². The number of rotatable bonds is 5. The summed E-state index contributed by atoms with van der Waals surface area (Å²) < 4.78 is 0. The van der Waals surface area contributed by atoms with Crippen molar-refractivity contribution in [1.82, 2.24) is 15.3 Å². The van der Waals surface area contributed by atoms with Gasteiger partial charge < -0.3 is 25.3 Å². The molecule has 1 saturated heterocycles. The van der Waals surface area contributed by atoms with E-state index in [9.17, 15) is 14.7 Å². The van der Waals surface area contributed by atoms with Crippen LogP contribution in [0.5, 0.6) is 0 Å². The largest absolute Gasteiger partial charge is 0.478 e. The molecule has 196 valence electrons. The minimum atomic E-state index is -1.06. The van der Waals surface area contributed by atoms with E-state index in [0.717, 1.165) is 37.9 Å². The molecule has 3 atom stereocenters. The van der Waals surface area contributed by atoms with Crippen LogP contribution in [0.15, 0.2) is 30.5 Å². The number of carbonyl (C=O) groups excluding carboxylic acids is 1. The van der Waals surface area contributed by atoms with Crippen LogP contribution in [-0.2, 0) is 0 Å². The van der Waals surface area contributed by atoms with E-state index < -0.39 is 11.6 Å². The molecule has 4 bridgehead atoms. The molecule has 5 fully saturated rings. The summed E-state index contributed by atoms with van der Waals surface area (Å²) in [5, 5.41) is 23.6. The molecule has 1 aliphatic heterocycles. The number of amides is 1. The fraction of sp³-hybridized carbons (Fsp3) is 0.556. The van der Waals surface area contributed by atoms with Crippen LogP contribution < -0.4 is 15.1 Å². The number of halogens is 1. The molecule has 10 heteroatoms. The molecule has 4 aliphatic carbocycles. The van der Waals surface area contributed by atoms with E-state index in [1.807, 2.05) is 17.0 Å². The van der Waals surface area contributed by atoms with Crippen molar-refractivity contribution in [3.8, 4) is 0 Å². The highest BCUT2D eigenvalue weighted by molar-refractivity contribution is 6.33. The fourth-order valence-electron chi connectivity index (χ4n) is 7.42. The van der Waals surface area contributed by atoms with Gasteiger partial charge in [-0.05, 0) is 75.0 Å². The Morgan fingerprint density at radius 2 is 1.92 bits per heavy atom. The van der Waals surface area contributed by atoms with Crippen molar-refractivity contribution >= 4 is 35.1 Å². The summed E-state index contributed by atoms with van der Waals surface area (Å²) in [4.78, 5) is 37.7. The summed E-state index contributed by atoms with van der Waals surface area (Å²) in [6, 6.07) is 7.17. The topological polar surface area (TPSA) is 119 Å². The molecule has 0 spiro atoms. The van der Waals surface area contributed by atoms with Crippen molar-refractivity contribution in [2.24, 2.45) is 17.8 Å². The first kappa shape index (κ1) is 24.4. The molecule has 7 rings (SSSR count). The third-order valence-electron chi connectivity index (χ3n) is 8.80. The summed E-state index contributed by atoms with van der Waals surface area (Å²) in [6.45, 7) is 4.01. The summed E-state index contributed by atoms with van der Waals surface area (Å²) in [6.07, 6.45) is 6.02. The van der Waals surface area contributed by atoms with Gasteiger partial charge in [-0.15, -0.1) is 0 Å². The van der Waals surface area contributed by atoms with E-state index in [0.29, 0.717) is 53.9 Å². The quantitative estimate of drug-likeness (QED) is 0.544. The maximum atomic E-state index is 13.3. The lowest BCUT2D eigenvalue weighted by atomic mass is 9.52. The molecule has 1 amide bonds. The van der Waals surface area contributed by atoms with Crippen LogP contribution in [-0.4, -0.2) is 69.4 Å². The Labute approximate surface area is 220 Å². The Morgan fingerprint density at radius 3 is 2.57 bits per heavy atom. The molecule has 2 aromatic heterocycles. The standard InChI is InChI=1S/C27H32ClN5O4/c1-15-14-32(24-20(28)9-19(13-29-24)26(35)36)5-6-33(15)22-4-2-3-21(30-22)25(34)31-23-17-7-16-8-18(23)12-27(37,10-16)11-17/h2-4,9,13,15-18,23,37H,5-8,10-12,14H2,1H3,(H,31,34)(H,35,36)/t15-,16?,17-,18-,23?,27?/m1/s1. The highest BCUT2D eigenvalue weighted by Crippen LogP contribution is 2.55. The summed E-state index contributed by atoms with van der Waals surface area (Å²) in [5.74, 6) is 1.40. The molecule has 0 radical (unpaired) electrons. The van der Waals surface area contributed by atoms with Gasteiger partial charge in [-0.25, -0.2) is 14.8 Å². The predicted molar refractivity (Wildman–Crippen MR) is 139 cm³/mol. The lowest BCUT2D eigenvalue weighted by molar-refractivity contribution is -0.136. The number of aromatic carboxylic acids is 1. The molecule has 4 saturated carbocycles. The zero-order valence-corrected chi connectivity index (χ0v) is 21.6. The predicted octanol–water partition coefficient (Wildman–Crippen LogP) is 3.21. The number of hydrogen-bond acceptors (Lipinski definition) is 7. The van der Waals surface area contributed by atoms with Gasteiger partial charge in [0.25, 0.3) is 5.91 Å². The van der Waals surface area contributed by atoms with Crippen LogP contribution in [0.25, 0.3) is 0 Å². The van der Waals surface area contributed by atoms with E-state index in [2.05, 4.69) is 22.1 Å². The number of hydrogen-bond donors (Lipinski definition) is 3. The molecule has 3 N–H and O–H groups in total. The normalized spacial score (nSPS) is 32.5. The van der Waals surface area contributed by atoms with Gasteiger partial charge in [-0.1, -0.05) is 17.7 Å². The van der Waals surface area contributed by atoms with Crippen molar-refractivity contribution in [3.05, 3.63) is 46.7 Å². The number of aliphatic hydroxyl groups is 1. The lowest BCUT2D eigenvalue weighted by Crippen LogP contribution is -2.61. The Morgan fingerprint density at radius 1 is 1.16 bits per heavy atom. The highest BCUT2D eigenvalue weighted by Gasteiger charge is 2.55. The van der Waals surface area contributed by atoms with Crippen LogP contribution in [0.4, 0.5) is 11.6 Å². The van der Waals surface area contributed by atoms with Crippen LogP contribution in [0.1, 0.15) is 59.9 Å². The molecule has 5 aliphatic rings. The SMILES string of the molecule is C[C@@H]1CN(c2ncc(C(=O)O)cc2Cl)CCN1c1cccc(C(=O)NC2[C@@H]3CC4C[C@@H]2CC(O)(C4)C3)n1. The van der Waals surface area contributed by atoms with E-state index in [1.54, 1.807) is 6.07 Å². The Kier molecular flexibility index (Phi) is 6.03. The average molecular weight is 526 g/mol. The van der Waals surface area contributed by atoms with Gasteiger partial charge in [0.2, 0.25) is 0 Å². The highest BCUT2D eigenvalue weighted by atomic mass is 35.5. The molecule has 3 heterocycles. The van der Waals surface area contributed by atoms with Gasteiger partial charge >= 0.3 is 5.97 Å². The smallest absolute Gasteiger partial charge is 0.337 e. The zero-order chi connectivity index (χ0) is 25.9. The Balaban J connectivity index is 1.13. The molecule has 0 unspecified atom stereocenters. The third-order valence-corrected chi connectivity index (χ3v) is 9.07. The number of piperazine rings is 1. The molecule has 2 aromatic rings. The minimum Gasteiger partial charge on any atom is -0.478 e. The van der Waals surface area contributed by atoms with Crippen molar-refractivity contribution in [2.75, 3.05) is 29.4 Å². The molecular weight excluding hydrogens is 494 g/mol. The second kappa shape index (κ2) is 9.13. The molecule has 0 aromatic carbocycles. The third kappa shape index (κ3) is 4.52. The second-order valence-electron chi connectivity index (χ2n) is 11.4. The lowest BCUT2D eigenvalue weighted by Gasteiger charge is -2.58. The van der Waals surface area contributed by atoms with Gasteiger partial charge in [-0.3, -0.25) is 4.79 Å². The van der Waals surface area contributed by atoms with Gasteiger partial charge in [0.1, 0.15) is 17.3 Å². The first-order valence-electron chi connectivity index (χ1n) is 13.1. The first-order chi connectivity index (χ1) is 17.7. The molecule has 37 heavy (non-hydrogen) atoms. The summed E-state index contributed by atoms with van der Waals surface area (Å²) in [7, 11) is 0. The Hall–Kier alpha value is -2.91. The Bertz CT molecular complexity index is 1230.